The predicted octanol–water partition coefficient (Wildman–Crippen LogP) is 1.52. The van der Waals surface area contributed by atoms with E-state index < -0.39 is 0 Å². The van der Waals surface area contributed by atoms with Crippen molar-refractivity contribution in [2.45, 2.75) is 26.3 Å². The molecule has 0 fully saturated rings. The minimum Gasteiger partial charge on any atom is -0.396 e. The molecule has 3 N–H and O–H groups in total. The van der Waals surface area contributed by atoms with E-state index in [0.717, 1.165) is 6.42 Å². The minimum atomic E-state index is 0.0633. The molecule has 0 aliphatic rings. The molecule has 0 saturated carbocycles. The summed E-state index contributed by atoms with van der Waals surface area (Å²) in [6.45, 7) is 3.26. The van der Waals surface area contributed by atoms with Crippen molar-refractivity contribution in [2.24, 2.45) is 0 Å². The van der Waals surface area contributed by atoms with Crippen molar-refractivity contribution in [3.63, 3.8) is 0 Å². The Bertz CT molecular complexity index is 577. The molecular weight excluding hydrogens is 252 g/mol. The number of benzene rings is 1. The lowest BCUT2D eigenvalue weighted by atomic mass is 10.0. The predicted molar refractivity (Wildman–Crippen MR) is 79.1 cm³/mol. The van der Waals surface area contributed by atoms with Crippen molar-refractivity contribution in [1.29, 1.82) is 0 Å². The van der Waals surface area contributed by atoms with Gasteiger partial charge in [0.1, 0.15) is 0 Å². The molecule has 2 aromatic rings. The zero-order valence-electron chi connectivity index (χ0n) is 11.7. The van der Waals surface area contributed by atoms with Crippen LogP contribution in [-0.2, 0) is 17.8 Å². The number of amides is 1. The number of carbonyl (C=O) groups excluding carboxylic acids is 1. The number of nitrogen functional groups attached to an aromatic ring is 1. The number of aromatic nitrogens is 2. The zero-order valence-corrected chi connectivity index (χ0v) is 11.7. The van der Waals surface area contributed by atoms with Gasteiger partial charge in [-0.3, -0.25) is 9.48 Å². The zero-order chi connectivity index (χ0) is 14.4. The molecule has 0 aliphatic heterocycles. The van der Waals surface area contributed by atoms with Crippen molar-refractivity contribution in [3.8, 4) is 0 Å². The molecule has 1 aromatic carbocycles. The highest BCUT2D eigenvalue weighted by atomic mass is 16.1. The number of nitrogens with one attached hydrogen (secondary N) is 1. The van der Waals surface area contributed by atoms with E-state index in [1.165, 1.54) is 11.1 Å². The number of nitrogens with two attached hydrogens (primary N) is 1. The van der Waals surface area contributed by atoms with Gasteiger partial charge < -0.3 is 11.1 Å². The van der Waals surface area contributed by atoms with E-state index in [-0.39, 0.29) is 5.91 Å². The molecule has 1 amide bonds. The van der Waals surface area contributed by atoms with E-state index >= 15 is 0 Å². The first-order chi connectivity index (χ1) is 9.65. The van der Waals surface area contributed by atoms with Crippen LogP contribution in [0, 0.1) is 6.92 Å². The Morgan fingerprint density at radius 2 is 2.20 bits per heavy atom. The third-order valence-corrected chi connectivity index (χ3v) is 3.20. The molecule has 5 heteroatoms. The number of aryl methyl sites for hydroxylation is 2. The summed E-state index contributed by atoms with van der Waals surface area (Å²) in [6, 6.07) is 8.14. The maximum Gasteiger partial charge on any atom is 0.220 e. The summed E-state index contributed by atoms with van der Waals surface area (Å²) in [6.07, 6.45) is 4.62. The van der Waals surface area contributed by atoms with Gasteiger partial charge in [0.2, 0.25) is 5.91 Å². The molecule has 106 valence electrons. The topological polar surface area (TPSA) is 72.9 Å². The molecule has 20 heavy (non-hydrogen) atoms. The number of anilines is 1. The summed E-state index contributed by atoms with van der Waals surface area (Å²) in [7, 11) is 0. The van der Waals surface area contributed by atoms with Crippen molar-refractivity contribution in [1.82, 2.24) is 15.1 Å². The Kier molecular flexibility index (Phi) is 4.76. The number of hydrogen-bond donors (Lipinski definition) is 2. The molecule has 0 atom stereocenters. The molecule has 2 rings (SSSR count). The van der Waals surface area contributed by atoms with Gasteiger partial charge in [0.05, 0.1) is 18.4 Å². The van der Waals surface area contributed by atoms with Gasteiger partial charge in [0.25, 0.3) is 0 Å². The number of carbonyl (C=O) groups is 1. The van der Waals surface area contributed by atoms with Crippen molar-refractivity contribution in [2.75, 3.05) is 12.3 Å². The van der Waals surface area contributed by atoms with Crippen LogP contribution in [0.2, 0.25) is 0 Å². The van der Waals surface area contributed by atoms with Gasteiger partial charge in [-0.05, 0) is 24.5 Å². The standard InChI is InChI=1S/C15H20N4O/c1-12-4-2-3-5-13(12)6-7-15(20)17-8-9-19-11-14(16)10-18-19/h2-5,10-11H,6-9,16H2,1H3,(H,17,20). The van der Waals surface area contributed by atoms with Gasteiger partial charge in [-0.2, -0.15) is 5.10 Å². The SMILES string of the molecule is Cc1ccccc1CCC(=O)NCCn1cc(N)cn1. The first kappa shape index (κ1) is 14.1. The fraction of sp³-hybridized carbons (Fsp3) is 0.333. The van der Waals surface area contributed by atoms with Gasteiger partial charge in [-0.25, -0.2) is 0 Å². The van der Waals surface area contributed by atoms with E-state index in [0.29, 0.717) is 25.2 Å². The van der Waals surface area contributed by atoms with E-state index in [1.807, 2.05) is 12.1 Å². The van der Waals surface area contributed by atoms with Gasteiger partial charge in [-0.15, -0.1) is 0 Å². The van der Waals surface area contributed by atoms with Crippen LogP contribution in [0.15, 0.2) is 36.7 Å². The fourth-order valence-electron chi connectivity index (χ4n) is 2.04. The number of hydrogen-bond acceptors (Lipinski definition) is 3. The highest BCUT2D eigenvalue weighted by Crippen LogP contribution is 2.09. The lowest BCUT2D eigenvalue weighted by Crippen LogP contribution is -2.27. The average molecular weight is 272 g/mol. The lowest BCUT2D eigenvalue weighted by molar-refractivity contribution is -0.121. The van der Waals surface area contributed by atoms with E-state index in [9.17, 15) is 4.79 Å². The minimum absolute atomic E-state index is 0.0633. The van der Waals surface area contributed by atoms with Crippen molar-refractivity contribution < 1.29 is 4.79 Å². The highest BCUT2D eigenvalue weighted by Gasteiger charge is 2.03. The molecular formula is C15H20N4O. The molecule has 0 saturated heterocycles. The summed E-state index contributed by atoms with van der Waals surface area (Å²) in [4.78, 5) is 11.8. The summed E-state index contributed by atoms with van der Waals surface area (Å²) in [5.74, 6) is 0.0633. The number of nitrogens with zero attached hydrogens (tertiary/aromatic N) is 2. The molecule has 1 heterocycles. The summed E-state index contributed by atoms with van der Waals surface area (Å²) >= 11 is 0. The third kappa shape index (κ3) is 4.12. The van der Waals surface area contributed by atoms with Crippen LogP contribution in [-0.4, -0.2) is 22.2 Å². The molecule has 0 unspecified atom stereocenters. The summed E-state index contributed by atoms with van der Waals surface area (Å²) < 4.78 is 1.72. The van der Waals surface area contributed by atoms with Crippen LogP contribution >= 0.6 is 0 Å². The van der Waals surface area contributed by atoms with Crippen molar-refractivity contribution >= 4 is 11.6 Å². The van der Waals surface area contributed by atoms with Crippen LogP contribution in [0.3, 0.4) is 0 Å². The lowest BCUT2D eigenvalue weighted by Gasteiger charge is -2.07. The first-order valence-electron chi connectivity index (χ1n) is 6.74. The molecule has 0 radical (unpaired) electrons. The average Bonchev–Trinajstić information content (AvgIpc) is 2.83. The highest BCUT2D eigenvalue weighted by molar-refractivity contribution is 5.76. The Morgan fingerprint density at radius 3 is 2.90 bits per heavy atom. The van der Waals surface area contributed by atoms with E-state index in [1.54, 1.807) is 17.1 Å². The van der Waals surface area contributed by atoms with E-state index in [2.05, 4.69) is 29.5 Å². The largest absolute Gasteiger partial charge is 0.396 e. The van der Waals surface area contributed by atoms with Crippen LogP contribution in [0.1, 0.15) is 17.5 Å². The maximum atomic E-state index is 11.8. The number of rotatable bonds is 6. The van der Waals surface area contributed by atoms with Crippen LogP contribution in [0.4, 0.5) is 5.69 Å². The summed E-state index contributed by atoms with van der Waals surface area (Å²) in [5.41, 5.74) is 8.65. The van der Waals surface area contributed by atoms with Crippen LogP contribution in [0.5, 0.6) is 0 Å². The molecule has 1 aromatic heterocycles. The summed E-state index contributed by atoms with van der Waals surface area (Å²) in [5, 5.41) is 6.95. The Labute approximate surface area is 118 Å². The second-order valence-corrected chi connectivity index (χ2v) is 4.81. The van der Waals surface area contributed by atoms with Gasteiger partial charge in [0, 0.05) is 19.2 Å². The first-order valence-corrected chi connectivity index (χ1v) is 6.74. The second kappa shape index (κ2) is 6.75. The quantitative estimate of drug-likeness (QED) is 0.837. The van der Waals surface area contributed by atoms with Gasteiger partial charge in [0.15, 0.2) is 0 Å². The van der Waals surface area contributed by atoms with Crippen molar-refractivity contribution in [3.05, 3.63) is 47.8 Å². The molecule has 0 bridgehead atoms. The van der Waals surface area contributed by atoms with Gasteiger partial charge >= 0.3 is 0 Å². The third-order valence-electron chi connectivity index (χ3n) is 3.20. The Morgan fingerprint density at radius 1 is 1.40 bits per heavy atom. The smallest absolute Gasteiger partial charge is 0.220 e. The monoisotopic (exact) mass is 272 g/mol. The van der Waals surface area contributed by atoms with Crippen LogP contribution < -0.4 is 11.1 Å². The Balaban J connectivity index is 1.69. The Hall–Kier alpha value is -2.30. The maximum absolute atomic E-state index is 11.8. The molecule has 5 nitrogen and oxygen atoms in total. The molecule has 0 spiro atoms. The van der Waals surface area contributed by atoms with Gasteiger partial charge in [-0.1, -0.05) is 24.3 Å². The normalized spacial score (nSPS) is 10.4. The fourth-order valence-corrected chi connectivity index (χ4v) is 2.04. The molecule has 0 aliphatic carbocycles. The van der Waals surface area contributed by atoms with E-state index in [4.69, 9.17) is 5.73 Å². The second-order valence-electron chi connectivity index (χ2n) is 4.81. The van der Waals surface area contributed by atoms with Crippen LogP contribution in [0.25, 0.3) is 0 Å².